The van der Waals surface area contributed by atoms with Crippen LogP contribution in [0.1, 0.15) is 41.3 Å². The van der Waals surface area contributed by atoms with Crippen molar-refractivity contribution in [2.75, 3.05) is 18.4 Å². The summed E-state index contributed by atoms with van der Waals surface area (Å²) in [7, 11) is 0. The number of amides is 3. The highest BCUT2D eigenvalue weighted by atomic mass is 79.9. The minimum Gasteiger partial charge on any atom is -0.439 e. The van der Waals surface area contributed by atoms with Crippen LogP contribution in [0.25, 0.3) is 10.9 Å². The van der Waals surface area contributed by atoms with E-state index in [1.54, 1.807) is 11.1 Å². The van der Waals surface area contributed by atoms with E-state index >= 15 is 0 Å². The van der Waals surface area contributed by atoms with E-state index in [0.717, 1.165) is 33.3 Å². The van der Waals surface area contributed by atoms with Crippen molar-refractivity contribution in [2.45, 2.75) is 44.9 Å². The summed E-state index contributed by atoms with van der Waals surface area (Å²) in [6.45, 7) is 3.66. The van der Waals surface area contributed by atoms with Crippen LogP contribution in [0.3, 0.4) is 0 Å². The number of anilines is 1. The number of halogens is 1. The van der Waals surface area contributed by atoms with Crippen molar-refractivity contribution in [3.63, 3.8) is 0 Å². The molecule has 0 spiro atoms. The fourth-order valence-corrected chi connectivity index (χ4v) is 5.89. The number of piperidine rings is 1. The number of aryl methyl sites for hydroxylation is 1. The molecule has 6 rings (SSSR count). The van der Waals surface area contributed by atoms with Crippen LogP contribution in [0.4, 0.5) is 15.3 Å². The van der Waals surface area contributed by atoms with E-state index in [1.165, 1.54) is 0 Å². The van der Waals surface area contributed by atoms with Gasteiger partial charge in [-0.1, -0.05) is 30.3 Å². The molecule has 2 aliphatic heterocycles. The lowest BCUT2D eigenvalue weighted by atomic mass is 10.0. The lowest BCUT2D eigenvalue weighted by Gasteiger charge is -2.40. The van der Waals surface area contributed by atoms with Gasteiger partial charge in [-0.3, -0.25) is 5.10 Å². The molecule has 39 heavy (non-hydrogen) atoms. The molecule has 10 heteroatoms. The molecular weight excluding hydrogens is 560 g/mol. The molecule has 1 atom stereocenters. The number of carbonyl (C=O) groups excluding carboxylic acids is 2. The molecule has 1 saturated heterocycles. The average Bonchev–Trinajstić information content (AvgIpc) is 3.42. The molecule has 1 fully saturated rings. The molecule has 4 heterocycles. The van der Waals surface area contributed by atoms with Gasteiger partial charge in [0.15, 0.2) is 0 Å². The second-order valence-electron chi connectivity index (χ2n) is 10.1. The van der Waals surface area contributed by atoms with Crippen LogP contribution in [-0.2, 0) is 17.7 Å². The number of ether oxygens (including phenoxy) is 1. The van der Waals surface area contributed by atoms with Gasteiger partial charge in [0.05, 0.1) is 17.4 Å². The topological polar surface area (TPSA) is 103 Å². The molecule has 200 valence electrons. The van der Waals surface area contributed by atoms with E-state index in [1.807, 2.05) is 54.3 Å². The van der Waals surface area contributed by atoms with Gasteiger partial charge in [0, 0.05) is 43.2 Å². The second-order valence-corrected chi connectivity index (χ2v) is 11.0. The minimum absolute atomic E-state index is 0.0645. The van der Waals surface area contributed by atoms with Gasteiger partial charge in [0.2, 0.25) is 0 Å². The van der Waals surface area contributed by atoms with Crippen molar-refractivity contribution in [3.8, 4) is 0 Å². The smallest absolute Gasteiger partial charge is 0.410 e. The fourth-order valence-electron chi connectivity index (χ4n) is 5.53. The molecule has 0 saturated carbocycles. The van der Waals surface area contributed by atoms with Gasteiger partial charge in [0.25, 0.3) is 0 Å². The predicted octanol–water partition coefficient (Wildman–Crippen LogP) is 5.96. The highest BCUT2D eigenvalue weighted by Crippen LogP contribution is 2.30. The zero-order chi connectivity index (χ0) is 26.9. The van der Waals surface area contributed by atoms with E-state index in [-0.39, 0.29) is 18.2 Å². The lowest BCUT2D eigenvalue weighted by Crippen LogP contribution is -2.51. The highest BCUT2D eigenvalue weighted by molar-refractivity contribution is 9.10. The van der Waals surface area contributed by atoms with Crippen molar-refractivity contribution in [2.24, 2.45) is 0 Å². The maximum atomic E-state index is 13.4. The first-order chi connectivity index (χ1) is 18.9. The molecule has 2 aromatic heterocycles. The molecule has 0 radical (unpaired) electrons. The van der Waals surface area contributed by atoms with E-state index < -0.39 is 6.10 Å². The average molecular weight is 589 g/mol. The van der Waals surface area contributed by atoms with E-state index in [9.17, 15) is 9.59 Å². The summed E-state index contributed by atoms with van der Waals surface area (Å²) in [5, 5.41) is 11.2. The van der Waals surface area contributed by atoms with Crippen molar-refractivity contribution in [1.29, 1.82) is 0 Å². The monoisotopic (exact) mass is 588 g/mol. The summed E-state index contributed by atoms with van der Waals surface area (Å²) < 4.78 is 6.79. The Morgan fingerprint density at radius 3 is 2.79 bits per heavy atom. The first kappa shape index (κ1) is 25.4. The van der Waals surface area contributed by atoms with Crippen LogP contribution in [0.2, 0.25) is 0 Å². The summed E-state index contributed by atoms with van der Waals surface area (Å²) in [5.41, 5.74) is 5.78. The zero-order valence-electron chi connectivity index (χ0n) is 21.6. The summed E-state index contributed by atoms with van der Waals surface area (Å²) in [4.78, 5) is 34.3. The van der Waals surface area contributed by atoms with E-state index in [2.05, 4.69) is 48.6 Å². The van der Waals surface area contributed by atoms with Gasteiger partial charge >= 0.3 is 12.1 Å². The largest absolute Gasteiger partial charge is 0.439 e. The Balaban J connectivity index is 1.14. The summed E-state index contributed by atoms with van der Waals surface area (Å²) in [6, 6.07) is 17.6. The van der Waals surface area contributed by atoms with Gasteiger partial charge in [-0.15, -0.1) is 0 Å². The normalized spacial score (nSPS) is 16.6. The lowest BCUT2D eigenvalue weighted by molar-refractivity contribution is 0.0463. The highest BCUT2D eigenvalue weighted by Gasteiger charge is 2.34. The van der Waals surface area contributed by atoms with Crippen LogP contribution in [0, 0.1) is 6.92 Å². The van der Waals surface area contributed by atoms with Crippen LogP contribution >= 0.6 is 15.9 Å². The van der Waals surface area contributed by atoms with Gasteiger partial charge in [0.1, 0.15) is 10.7 Å². The number of nitrogens with zero attached hydrogens (tertiary/aromatic N) is 4. The van der Waals surface area contributed by atoms with Crippen LogP contribution in [-0.4, -0.2) is 56.2 Å². The summed E-state index contributed by atoms with van der Waals surface area (Å²) in [5.74, 6) is 0. The quantitative estimate of drug-likeness (QED) is 0.280. The first-order valence-corrected chi connectivity index (χ1v) is 13.9. The number of hydrogen-bond donors (Lipinski definition) is 2. The Labute approximate surface area is 234 Å². The number of hydrogen-bond acceptors (Lipinski definition) is 5. The third kappa shape index (κ3) is 5.34. The Bertz CT molecular complexity index is 1530. The van der Waals surface area contributed by atoms with Crippen LogP contribution in [0.5, 0.6) is 0 Å². The third-order valence-electron chi connectivity index (χ3n) is 7.56. The van der Waals surface area contributed by atoms with Crippen molar-refractivity contribution in [3.05, 3.63) is 87.8 Å². The molecule has 3 amide bonds. The van der Waals surface area contributed by atoms with Crippen molar-refractivity contribution >= 4 is 44.6 Å². The number of aromatic amines is 1. The number of aromatic nitrogens is 3. The molecular formula is C29H29BrN6O3. The summed E-state index contributed by atoms with van der Waals surface area (Å²) in [6.07, 6.45) is 2.76. The van der Waals surface area contributed by atoms with Gasteiger partial charge in [-0.05, 0) is 76.7 Å². The van der Waals surface area contributed by atoms with Gasteiger partial charge in [-0.2, -0.15) is 5.10 Å². The number of carbonyl (C=O) groups is 2. The Morgan fingerprint density at radius 2 is 1.97 bits per heavy atom. The predicted molar refractivity (Wildman–Crippen MR) is 151 cm³/mol. The summed E-state index contributed by atoms with van der Waals surface area (Å²) >= 11 is 3.45. The third-order valence-corrected chi connectivity index (χ3v) is 8.00. The number of rotatable bonds is 5. The van der Waals surface area contributed by atoms with Gasteiger partial charge < -0.3 is 19.9 Å². The second kappa shape index (κ2) is 10.7. The van der Waals surface area contributed by atoms with E-state index in [4.69, 9.17) is 4.74 Å². The molecule has 0 bridgehead atoms. The zero-order valence-corrected chi connectivity index (χ0v) is 23.1. The molecule has 4 aromatic rings. The van der Waals surface area contributed by atoms with Crippen molar-refractivity contribution < 1.29 is 14.3 Å². The number of urea groups is 1. The Kier molecular flexibility index (Phi) is 6.95. The van der Waals surface area contributed by atoms with E-state index in [0.29, 0.717) is 49.2 Å². The molecule has 2 N–H and O–H groups in total. The van der Waals surface area contributed by atoms with Crippen molar-refractivity contribution in [1.82, 2.24) is 25.0 Å². The minimum atomic E-state index is -0.555. The van der Waals surface area contributed by atoms with Crippen LogP contribution < -0.4 is 5.32 Å². The number of H-pyrrole nitrogens is 1. The number of nitrogens with one attached hydrogen (secondary N) is 2. The number of pyridine rings is 1. The maximum absolute atomic E-state index is 13.4. The first-order valence-electron chi connectivity index (χ1n) is 13.1. The number of para-hydroxylation sites is 1. The standard InChI is InChI=1S/C29H29BrN6O3/c1-18-13-19(14-21-16-31-34-27(18)21)15-25(24-7-4-8-26(30)32-24)39-29(38)35-11-9-22(10-12-35)36-17-20-5-2-3-6-23(20)33-28(36)37/h2-8,13-14,16,22,25H,9-12,15,17H2,1H3,(H,31,34)(H,33,37). The molecule has 2 aromatic carbocycles. The molecule has 9 nitrogen and oxygen atoms in total. The molecule has 0 aliphatic carbocycles. The fraction of sp³-hybridized carbons (Fsp3) is 0.310. The Hall–Kier alpha value is -3.92. The van der Waals surface area contributed by atoms with Gasteiger partial charge in [-0.25, -0.2) is 14.6 Å². The molecule has 2 aliphatic rings. The molecule has 1 unspecified atom stereocenters. The SMILES string of the molecule is Cc1cc(CC(OC(=O)N2CCC(N3Cc4ccccc4NC3=O)CC2)c2cccc(Br)n2)cc2cn[nH]c12. The van der Waals surface area contributed by atoms with Crippen LogP contribution in [0.15, 0.2) is 65.4 Å². The number of likely N-dealkylation sites (tertiary alicyclic amines) is 1. The Morgan fingerprint density at radius 1 is 1.15 bits per heavy atom. The number of benzene rings is 2. The maximum Gasteiger partial charge on any atom is 0.410 e. The number of fused-ring (bicyclic) bond motifs is 2.